The van der Waals surface area contributed by atoms with Gasteiger partial charge in [0.1, 0.15) is 6.04 Å². The first-order valence-corrected chi connectivity index (χ1v) is 5.49. The summed E-state index contributed by atoms with van der Waals surface area (Å²) < 4.78 is 4.60. The maximum Gasteiger partial charge on any atom is 0.322 e. The molecule has 0 bridgehead atoms. The molecule has 0 aromatic heterocycles. The molecule has 0 heterocycles. The molecule has 0 fully saturated rings. The van der Waals surface area contributed by atoms with Crippen LogP contribution in [0.15, 0.2) is 0 Å². The van der Waals surface area contributed by atoms with Crippen molar-refractivity contribution in [3.63, 3.8) is 0 Å². The van der Waals surface area contributed by atoms with Gasteiger partial charge in [-0.2, -0.15) is 0 Å². The first-order chi connectivity index (χ1) is 6.65. The summed E-state index contributed by atoms with van der Waals surface area (Å²) in [5.41, 5.74) is 5.70. The Labute approximate surface area is 87.0 Å². The minimum atomic E-state index is -0.443. The van der Waals surface area contributed by atoms with Gasteiger partial charge in [0.05, 0.1) is 7.11 Å². The molecule has 0 saturated heterocycles. The van der Waals surface area contributed by atoms with Crippen LogP contribution in [0.4, 0.5) is 0 Å². The van der Waals surface area contributed by atoms with E-state index in [2.05, 4.69) is 18.6 Å². The summed E-state index contributed by atoms with van der Waals surface area (Å²) in [5, 5.41) is 0. The molecular weight excluding hydrogens is 178 g/mol. The number of ether oxygens (including phenoxy) is 1. The Morgan fingerprint density at radius 1 is 1.43 bits per heavy atom. The van der Waals surface area contributed by atoms with Gasteiger partial charge in [-0.25, -0.2) is 0 Å². The van der Waals surface area contributed by atoms with Crippen molar-refractivity contribution in [2.75, 3.05) is 7.11 Å². The third-order valence-corrected chi connectivity index (χ3v) is 2.63. The molecule has 0 aliphatic rings. The zero-order valence-corrected chi connectivity index (χ0v) is 9.58. The van der Waals surface area contributed by atoms with Crippen molar-refractivity contribution >= 4 is 5.97 Å². The van der Waals surface area contributed by atoms with Crippen LogP contribution < -0.4 is 5.73 Å². The van der Waals surface area contributed by atoms with Gasteiger partial charge in [-0.1, -0.05) is 39.5 Å². The van der Waals surface area contributed by atoms with Crippen molar-refractivity contribution in [3.8, 4) is 0 Å². The highest BCUT2D eigenvalue weighted by molar-refractivity contribution is 5.75. The largest absolute Gasteiger partial charge is 0.468 e. The summed E-state index contributed by atoms with van der Waals surface area (Å²) in [5.74, 6) is 0.268. The van der Waals surface area contributed by atoms with Crippen molar-refractivity contribution in [3.05, 3.63) is 0 Å². The Balaban J connectivity index is 3.85. The summed E-state index contributed by atoms with van der Waals surface area (Å²) in [6.45, 7) is 4.32. The SMILES string of the molecule is CCCCC(CC)C[C@H](N)C(=O)OC. The number of unbranched alkanes of at least 4 members (excludes halogenated alkanes) is 1. The van der Waals surface area contributed by atoms with Gasteiger partial charge < -0.3 is 10.5 Å². The lowest BCUT2D eigenvalue weighted by Gasteiger charge is -2.17. The van der Waals surface area contributed by atoms with Crippen molar-refractivity contribution in [2.45, 2.75) is 52.0 Å². The van der Waals surface area contributed by atoms with Crippen LogP contribution in [0.2, 0.25) is 0 Å². The van der Waals surface area contributed by atoms with Gasteiger partial charge in [0.2, 0.25) is 0 Å². The predicted molar refractivity (Wildman–Crippen MR) is 57.9 cm³/mol. The van der Waals surface area contributed by atoms with E-state index in [9.17, 15) is 4.79 Å². The number of hydrogen-bond donors (Lipinski definition) is 1. The smallest absolute Gasteiger partial charge is 0.322 e. The Morgan fingerprint density at radius 2 is 2.07 bits per heavy atom. The van der Waals surface area contributed by atoms with Gasteiger partial charge in [-0.3, -0.25) is 4.79 Å². The van der Waals surface area contributed by atoms with E-state index in [0.29, 0.717) is 5.92 Å². The molecule has 84 valence electrons. The monoisotopic (exact) mass is 201 g/mol. The van der Waals surface area contributed by atoms with Crippen molar-refractivity contribution < 1.29 is 9.53 Å². The lowest BCUT2D eigenvalue weighted by Crippen LogP contribution is -2.33. The van der Waals surface area contributed by atoms with Crippen LogP contribution in [0.5, 0.6) is 0 Å². The van der Waals surface area contributed by atoms with Crippen LogP contribution in [0.1, 0.15) is 46.0 Å². The molecule has 3 nitrogen and oxygen atoms in total. The van der Waals surface area contributed by atoms with Crippen LogP contribution in [0.3, 0.4) is 0 Å². The van der Waals surface area contributed by atoms with E-state index in [1.807, 2.05) is 0 Å². The lowest BCUT2D eigenvalue weighted by molar-refractivity contribution is -0.142. The number of carbonyl (C=O) groups excluding carboxylic acids is 1. The summed E-state index contributed by atoms with van der Waals surface area (Å²) in [6, 6.07) is -0.443. The van der Waals surface area contributed by atoms with Gasteiger partial charge >= 0.3 is 5.97 Å². The Kier molecular flexibility index (Phi) is 7.48. The second-order valence-electron chi connectivity index (χ2n) is 3.78. The fourth-order valence-electron chi connectivity index (χ4n) is 1.59. The maximum atomic E-state index is 11.1. The fraction of sp³-hybridized carbons (Fsp3) is 0.909. The number of hydrogen-bond acceptors (Lipinski definition) is 3. The highest BCUT2D eigenvalue weighted by Gasteiger charge is 2.18. The van der Waals surface area contributed by atoms with Gasteiger partial charge in [0, 0.05) is 0 Å². The quantitative estimate of drug-likeness (QED) is 0.642. The average Bonchev–Trinajstić information content (AvgIpc) is 2.22. The van der Waals surface area contributed by atoms with Crippen LogP contribution >= 0.6 is 0 Å². The second kappa shape index (κ2) is 7.80. The molecule has 0 amide bonds. The molecule has 3 heteroatoms. The number of rotatable bonds is 7. The molecule has 14 heavy (non-hydrogen) atoms. The van der Waals surface area contributed by atoms with Crippen LogP contribution in [0.25, 0.3) is 0 Å². The predicted octanol–water partition coefficient (Wildman–Crippen LogP) is 2.09. The number of methoxy groups -OCH3 is 1. The molecule has 0 aromatic rings. The van der Waals surface area contributed by atoms with E-state index in [0.717, 1.165) is 19.3 Å². The van der Waals surface area contributed by atoms with Crippen molar-refractivity contribution in [2.24, 2.45) is 11.7 Å². The third-order valence-electron chi connectivity index (χ3n) is 2.63. The first-order valence-electron chi connectivity index (χ1n) is 5.49. The Bertz CT molecular complexity index is 159. The molecule has 1 unspecified atom stereocenters. The van der Waals surface area contributed by atoms with Crippen molar-refractivity contribution in [1.82, 2.24) is 0 Å². The molecule has 0 aliphatic carbocycles. The standard InChI is InChI=1S/C11H23NO2/c1-4-6-7-9(5-2)8-10(12)11(13)14-3/h9-10H,4-8,12H2,1-3H3/t9?,10-/m0/s1. The molecular formula is C11H23NO2. The van der Waals surface area contributed by atoms with Gasteiger partial charge in [-0.15, -0.1) is 0 Å². The number of nitrogens with two attached hydrogens (primary N) is 1. The molecule has 0 saturated carbocycles. The van der Waals surface area contributed by atoms with E-state index in [-0.39, 0.29) is 5.97 Å². The van der Waals surface area contributed by atoms with Crippen LogP contribution in [-0.2, 0) is 9.53 Å². The molecule has 0 radical (unpaired) electrons. The highest BCUT2D eigenvalue weighted by Crippen LogP contribution is 2.18. The van der Waals surface area contributed by atoms with Gasteiger partial charge in [-0.05, 0) is 12.3 Å². The molecule has 0 rings (SSSR count). The van der Waals surface area contributed by atoms with E-state index in [1.54, 1.807) is 0 Å². The van der Waals surface area contributed by atoms with Gasteiger partial charge in [0.15, 0.2) is 0 Å². The highest BCUT2D eigenvalue weighted by atomic mass is 16.5. The van der Waals surface area contributed by atoms with Crippen LogP contribution in [0, 0.1) is 5.92 Å². The molecule has 0 aromatic carbocycles. The Hall–Kier alpha value is -0.570. The fourth-order valence-corrected chi connectivity index (χ4v) is 1.59. The number of carbonyl (C=O) groups is 1. The second-order valence-corrected chi connectivity index (χ2v) is 3.78. The summed E-state index contributed by atoms with van der Waals surface area (Å²) in [4.78, 5) is 11.1. The molecule has 0 aliphatic heterocycles. The van der Waals surface area contributed by atoms with Gasteiger partial charge in [0.25, 0.3) is 0 Å². The van der Waals surface area contributed by atoms with E-state index in [4.69, 9.17) is 5.73 Å². The zero-order valence-electron chi connectivity index (χ0n) is 9.58. The van der Waals surface area contributed by atoms with Crippen LogP contribution in [-0.4, -0.2) is 19.1 Å². The Morgan fingerprint density at radius 3 is 2.50 bits per heavy atom. The normalized spacial score (nSPS) is 14.9. The summed E-state index contributed by atoms with van der Waals surface area (Å²) in [7, 11) is 1.38. The molecule has 2 N–H and O–H groups in total. The van der Waals surface area contributed by atoms with E-state index in [1.165, 1.54) is 20.0 Å². The third kappa shape index (κ3) is 5.22. The topological polar surface area (TPSA) is 52.3 Å². The molecule has 0 spiro atoms. The number of esters is 1. The van der Waals surface area contributed by atoms with Crippen molar-refractivity contribution in [1.29, 1.82) is 0 Å². The minimum Gasteiger partial charge on any atom is -0.468 e. The lowest BCUT2D eigenvalue weighted by atomic mass is 9.92. The summed E-state index contributed by atoms with van der Waals surface area (Å²) >= 11 is 0. The average molecular weight is 201 g/mol. The summed E-state index contributed by atoms with van der Waals surface area (Å²) in [6.07, 6.45) is 5.42. The van der Waals surface area contributed by atoms with E-state index < -0.39 is 6.04 Å². The zero-order chi connectivity index (χ0) is 11.0. The first kappa shape index (κ1) is 13.4. The minimum absolute atomic E-state index is 0.292. The maximum absolute atomic E-state index is 11.1. The van der Waals surface area contributed by atoms with E-state index >= 15 is 0 Å². The molecule has 2 atom stereocenters.